The lowest BCUT2D eigenvalue weighted by Crippen LogP contribution is -2.36. The van der Waals surface area contributed by atoms with E-state index in [0.29, 0.717) is 30.0 Å². The second kappa shape index (κ2) is 9.92. The van der Waals surface area contributed by atoms with Gasteiger partial charge in [0.05, 0.1) is 30.6 Å². The zero-order chi connectivity index (χ0) is 23.5. The maximum atomic E-state index is 13.5. The number of hydrogen-bond donors (Lipinski definition) is 0. The van der Waals surface area contributed by atoms with Crippen molar-refractivity contribution in [1.29, 1.82) is 0 Å². The molecule has 0 unspecified atom stereocenters. The molecule has 3 aromatic rings. The Morgan fingerprint density at radius 3 is 2.47 bits per heavy atom. The quantitative estimate of drug-likeness (QED) is 0.399. The molecule has 5 rings (SSSR count). The summed E-state index contributed by atoms with van der Waals surface area (Å²) in [5.74, 6) is 3.13. The Morgan fingerprint density at radius 1 is 1.03 bits per heavy atom. The van der Waals surface area contributed by atoms with Gasteiger partial charge in [0, 0.05) is 18.5 Å². The van der Waals surface area contributed by atoms with Gasteiger partial charge in [-0.15, -0.1) is 0 Å². The molecule has 1 aromatic heterocycles. The zero-order valence-electron chi connectivity index (χ0n) is 20.1. The van der Waals surface area contributed by atoms with E-state index in [0.717, 1.165) is 54.9 Å². The van der Waals surface area contributed by atoms with Crippen molar-refractivity contribution in [3.05, 3.63) is 65.9 Å². The summed E-state index contributed by atoms with van der Waals surface area (Å²) in [6, 6.07) is 17.6. The smallest absolute Gasteiger partial charge is 0.227 e. The largest absolute Gasteiger partial charge is 0.497 e. The lowest BCUT2D eigenvalue weighted by atomic mass is 10.1. The summed E-state index contributed by atoms with van der Waals surface area (Å²) < 4.78 is 13.7. The van der Waals surface area contributed by atoms with Crippen molar-refractivity contribution in [2.45, 2.75) is 52.0 Å². The highest BCUT2D eigenvalue weighted by atomic mass is 16.5. The lowest BCUT2D eigenvalue weighted by molar-refractivity contribution is -0.136. The van der Waals surface area contributed by atoms with E-state index in [1.165, 1.54) is 12.8 Å². The van der Waals surface area contributed by atoms with Gasteiger partial charge in [-0.3, -0.25) is 4.79 Å². The summed E-state index contributed by atoms with van der Waals surface area (Å²) >= 11 is 0. The molecule has 0 bridgehead atoms. The van der Waals surface area contributed by atoms with Gasteiger partial charge in [0.15, 0.2) is 0 Å². The SMILES string of the molecule is COc1cccc(Oc2c(CN(CC3CC3)C(=O)C3CCCC3)c(C)nn2-c2ccccc2)c1. The van der Waals surface area contributed by atoms with Crippen LogP contribution < -0.4 is 9.47 Å². The van der Waals surface area contributed by atoms with Gasteiger partial charge in [0.1, 0.15) is 11.5 Å². The van der Waals surface area contributed by atoms with Crippen molar-refractivity contribution in [3.63, 3.8) is 0 Å². The van der Waals surface area contributed by atoms with E-state index < -0.39 is 0 Å². The van der Waals surface area contributed by atoms with Crippen LogP contribution in [0.5, 0.6) is 17.4 Å². The van der Waals surface area contributed by atoms with Crippen molar-refractivity contribution in [2.75, 3.05) is 13.7 Å². The fourth-order valence-corrected chi connectivity index (χ4v) is 4.81. The minimum absolute atomic E-state index is 0.158. The second-order valence-corrected chi connectivity index (χ2v) is 9.54. The van der Waals surface area contributed by atoms with Crippen LogP contribution in [-0.2, 0) is 11.3 Å². The van der Waals surface area contributed by atoms with Gasteiger partial charge in [-0.1, -0.05) is 37.1 Å². The molecular weight excluding hydrogens is 426 g/mol. The molecule has 0 radical (unpaired) electrons. The molecule has 178 valence electrons. The molecule has 34 heavy (non-hydrogen) atoms. The number of benzene rings is 2. The van der Waals surface area contributed by atoms with E-state index in [-0.39, 0.29) is 5.92 Å². The molecule has 2 fully saturated rings. The monoisotopic (exact) mass is 459 g/mol. The number of carbonyl (C=O) groups is 1. The number of methoxy groups -OCH3 is 1. The Morgan fingerprint density at radius 2 is 1.76 bits per heavy atom. The Labute approximate surface area is 201 Å². The summed E-state index contributed by atoms with van der Waals surface area (Å²) in [6.45, 7) is 3.34. The van der Waals surface area contributed by atoms with Crippen molar-refractivity contribution < 1.29 is 14.3 Å². The molecule has 2 aromatic carbocycles. The second-order valence-electron chi connectivity index (χ2n) is 9.54. The molecule has 0 N–H and O–H groups in total. The number of aryl methyl sites for hydroxylation is 1. The third-order valence-corrected chi connectivity index (χ3v) is 6.93. The first-order valence-electron chi connectivity index (χ1n) is 12.4. The Hall–Kier alpha value is -3.28. The number of rotatable bonds is 9. The van der Waals surface area contributed by atoms with Crippen LogP contribution in [0.2, 0.25) is 0 Å². The number of nitrogens with zero attached hydrogens (tertiary/aromatic N) is 3. The predicted octanol–water partition coefficient (Wildman–Crippen LogP) is 5.91. The highest BCUT2D eigenvalue weighted by molar-refractivity contribution is 5.79. The normalized spacial score (nSPS) is 15.9. The number of amides is 1. The van der Waals surface area contributed by atoms with Gasteiger partial charge in [0.2, 0.25) is 11.8 Å². The van der Waals surface area contributed by atoms with Gasteiger partial charge in [-0.25, -0.2) is 4.68 Å². The van der Waals surface area contributed by atoms with Crippen LogP contribution in [0.3, 0.4) is 0 Å². The van der Waals surface area contributed by atoms with E-state index in [9.17, 15) is 4.79 Å². The number of ether oxygens (including phenoxy) is 2. The molecule has 0 aliphatic heterocycles. The van der Waals surface area contributed by atoms with Gasteiger partial charge >= 0.3 is 0 Å². The number of aromatic nitrogens is 2. The maximum Gasteiger partial charge on any atom is 0.227 e. The molecule has 0 atom stereocenters. The zero-order valence-corrected chi connectivity index (χ0v) is 20.1. The van der Waals surface area contributed by atoms with E-state index in [1.54, 1.807) is 7.11 Å². The fourth-order valence-electron chi connectivity index (χ4n) is 4.81. The van der Waals surface area contributed by atoms with E-state index in [4.69, 9.17) is 14.6 Å². The van der Waals surface area contributed by atoms with Crippen LogP contribution in [0, 0.1) is 18.8 Å². The van der Waals surface area contributed by atoms with Crippen LogP contribution >= 0.6 is 0 Å². The summed E-state index contributed by atoms with van der Waals surface area (Å²) in [5, 5.41) is 4.85. The number of para-hydroxylation sites is 1. The van der Waals surface area contributed by atoms with Crippen LogP contribution in [0.25, 0.3) is 5.69 Å². The van der Waals surface area contributed by atoms with Crippen LogP contribution in [0.15, 0.2) is 54.6 Å². The molecule has 2 aliphatic carbocycles. The molecule has 0 saturated heterocycles. The van der Waals surface area contributed by atoms with Crippen molar-refractivity contribution in [1.82, 2.24) is 14.7 Å². The van der Waals surface area contributed by atoms with Crippen molar-refractivity contribution in [3.8, 4) is 23.1 Å². The van der Waals surface area contributed by atoms with Gasteiger partial charge in [-0.05, 0) is 62.8 Å². The highest BCUT2D eigenvalue weighted by Gasteiger charge is 2.33. The van der Waals surface area contributed by atoms with Crippen LogP contribution in [-0.4, -0.2) is 34.2 Å². The highest BCUT2D eigenvalue weighted by Crippen LogP contribution is 2.36. The van der Waals surface area contributed by atoms with Gasteiger partial charge < -0.3 is 14.4 Å². The van der Waals surface area contributed by atoms with E-state index >= 15 is 0 Å². The molecule has 6 heteroatoms. The van der Waals surface area contributed by atoms with Gasteiger partial charge in [-0.2, -0.15) is 5.10 Å². The molecular formula is C28H33N3O3. The van der Waals surface area contributed by atoms with E-state index in [2.05, 4.69) is 4.90 Å². The molecule has 0 spiro atoms. The molecule has 6 nitrogen and oxygen atoms in total. The number of carbonyl (C=O) groups excluding carboxylic acids is 1. The molecule has 2 saturated carbocycles. The Bertz CT molecular complexity index is 1130. The van der Waals surface area contributed by atoms with Crippen molar-refractivity contribution in [2.24, 2.45) is 11.8 Å². The Balaban J connectivity index is 1.51. The van der Waals surface area contributed by atoms with Crippen LogP contribution in [0.4, 0.5) is 0 Å². The summed E-state index contributed by atoms with van der Waals surface area (Å²) in [6.07, 6.45) is 6.75. The Kier molecular flexibility index (Phi) is 6.57. The lowest BCUT2D eigenvalue weighted by Gasteiger charge is -2.26. The number of hydrogen-bond acceptors (Lipinski definition) is 4. The molecule has 1 amide bonds. The predicted molar refractivity (Wildman–Crippen MR) is 131 cm³/mol. The van der Waals surface area contributed by atoms with Crippen LogP contribution in [0.1, 0.15) is 49.8 Å². The minimum atomic E-state index is 0.158. The van der Waals surface area contributed by atoms with Gasteiger partial charge in [0.25, 0.3) is 0 Å². The topological polar surface area (TPSA) is 56.6 Å². The maximum absolute atomic E-state index is 13.5. The van der Waals surface area contributed by atoms with Crippen molar-refractivity contribution >= 4 is 5.91 Å². The fraction of sp³-hybridized carbons (Fsp3) is 0.429. The first kappa shape index (κ1) is 22.5. The summed E-state index contributed by atoms with van der Waals surface area (Å²) in [7, 11) is 1.65. The third-order valence-electron chi connectivity index (χ3n) is 6.93. The molecule has 2 aliphatic rings. The summed E-state index contributed by atoms with van der Waals surface area (Å²) in [5.41, 5.74) is 2.76. The van der Waals surface area contributed by atoms with E-state index in [1.807, 2.05) is 66.2 Å². The first-order chi connectivity index (χ1) is 16.6. The average molecular weight is 460 g/mol. The minimum Gasteiger partial charge on any atom is -0.497 e. The first-order valence-corrected chi connectivity index (χ1v) is 12.4. The molecule has 1 heterocycles. The standard InChI is InChI=1S/C28H33N3O3/c1-20-26(19-30(18-21-15-16-21)27(32)22-9-6-7-10-22)28(31(29-20)23-11-4-3-5-12-23)34-25-14-8-13-24(17-25)33-2/h3-5,8,11-14,17,21-22H,6-7,9-10,15-16,18-19H2,1-2H3. The summed E-state index contributed by atoms with van der Waals surface area (Å²) in [4.78, 5) is 15.6. The average Bonchev–Trinajstić information content (AvgIpc) is 3.41. The third kappa shape index (κ3) is 4.96.